The quantitative estimate of drug-likeness (QED) is 0.650. The fraction of sp³-hybridized carbons (Fsp3) is 0.333. The van der Waals surface area contributed by atoms with E-state index in [9.17, 15) is 4.79 Å². The first kappa shape index (κ1) is 18.2. The third-order valence-corrected chi connectivity index (χ3v) is 4.86. The summed E-state index contributed by atoms with van der Waals surface area (Å²) in [5, 5.41) is 2.95. The minimum atomic E-state index is -0.207. The van der Waals surface area contributed by atoms with E-state index in [0.29, 0.717) is 23.9 Å². The van der Waals surface area contributed by atoms with Gasteiger partial charge in [-0.1, -0.05) is 12.1 Å². The van der Waals surface area contributed by atoms with Crippen LogP contribution < -0.4 is 10.2 Å². The van der Waals surface area contributed by atoms with Gasteiger partial charge in [-0.2, -0.15) is 0 Å². The summed E-state index contributed by atoms with van der Waals surface area (Å²) in [6, 6.07) is 9.77. The number of hydrogen-bond acceptors (Lipinski definition) is 6. The van der Waals surface area contributed by atoms with Crippen molar-refractivity contribution < 1.29 is 9.21 Å². The molecule has 1 amide bonds. The Morgan fingerprint density at radius 2 is 2.04 bits per heavy atom. The molecule has 4 rings (SSSR count). The molecular weight excluding hydrogens is 354 g/mol. The van der Waals surface area contributed by atoms with Crippen LogP contribution in [0, 0.1) is 0 Å². The molecule has 0 atom stereocenters. The highest BCUT2D eigenvalue weighted by Crippen LogP contribution is 2.41. The third kappa shape index (κ3) is 4.19. The van der Waals surface area contributed by atoms with E-state index >= 15 is 0 Å². The summed E-state index contributed by atoms with van der Waals surface area (Å²) in [6.45, 7) is 1.16. The average Bonchev–Trinajstić information content (AvgIpc) is 3.47. The number of carbonyl (C=O) groups is 1. The summed E-state index contributed by atoms with van der Waals surface area (Å²) in [5.41, 5.74) is 2.39. The van der Waals surface area contributed by atoms with Crippen molar-refractivity contribution in [2.24, 2.45) is 0 Å². The van der Waals surface area contributed by atoms with E-state index < -0.39 is 0 Å². The van der Waals surface area contributed by atoms with Gasteiger partial charge in [0.1, 0.15) is 11.6 Å². The molecule has 0 bridgehead atoms. The molecular formula is C21H23N5O2. The van der Waals surface area contributed by atoms with Crippen molar-refractivity contribution in [3.63, 3.8) is 0 Å². The van der Waals surface area contributed by atoms with Crippen LogP contribution in [0.5, 0.6) is 0 Å². The maximum absolute atomic E-state index is 12.5. The molecule has 3 aromatic heterocycles. The van der Waals surface area contributed by atoms with Gasteiger partial charge in [-0.3, -0.25) is 9.78 Å². The molecule has 1 saturated carbocycles. The van der Waals surface area contributed by atoms with E-state index in [4.69, 9.17) is 4.42 Å². The van der Waals surface area contributed by atoms with Gasteiger partial charge in [0.2, 0.25) is 0 Å². The summed E-state index contributed by atoms with van der Waals surface area (Å²) in [6.07, 6.45) is 7.86. The lowest BCUT2D eigenvalue weighted by Crippen LogP contribution is -2.27. The first-order chi connectivity index (χ1) is 13.7. The molecule has 3 aromatic rings. The van der Waals surface area contributed by atoms with Crippen molar-refractivity contribution in [1.29, 1.82) is 0 Å². The van der Waals surface area contributed by atoms with Crippen LogP contribution in [0.15, 0.2) is 53.5 Å². The van der Waals surface area contributed by atoms with E-state index in [1.54, 1.807) is 12.4 Å². The summed E-state index contributed by atoms with van der Waals surface area (Å²) in [7, 11) is 2.00. The van der Waals surface area contributed by atoms with Crippen LogP contribution in [0.3, 0.4) is 0 Å². The number of likely N-dealkylation sites (N-methyl/N-ethyl adjacent to an activating group) is 1. The lowest BCUT2D eigenvalue weighted by Gasteiger charge is -2.21. The summed E-state index contributed by atoms with van der Waals surface area (Å²) < 4.78 is 5.40. The van der Waals surface area contributed by atoms with Crippen LogP contribution >= 0.6 is 0 Å². The van der Waals surface area contributed by atoms with E-state index in [0.717, 1.165) is 42.9 Å². The van der Waals surface area contributed by atoms with Crippen LogP contribution in [0.4, 0.5) is 5.82 Å². The Labute approximate surface area is 163 Å². The lowest BCUT2D eigenvalue weighted by molar-refractivity contribution is 0.0944. The highest BCUT2D eigenvalue weighted by Gasteiger charge is 2.32. The Kier molecular flexibility index (Phi) is 5.32. The molecule has 7 heteroatoms. The predicted octanol–water partition coefficient (Wildman–Crippen LogP) is 2.95. The van der Waals surface area contributed by atoms with Crippen molar-refractivity contribution in [1.82, 2.24) is 20.3 Å². The zero-order valence-electron chi connectivity index (χ0n) is 15.8. The largest absolute Gasteiger partial charge is 0.447 e. The topological polar surface area (TPSA) is 84.2 Å². The highest BCUT2D eigenvalue weighted by atomic mass is 16.3. The van der Waals surface area contributed by atoms with Gasteiger partial charge < -0.3 is 14.6 Å². The van der Waals surface area contributed by atoms with Gasteiger partial charge in [0.25, 0.3) is 5.91 Å². The Bertz CT molecular complexity index is 937. The monoisotopic (exact) mass is 377 g/mol. The smallest absolute Gasteiger partial charge is 0.273 e. The molecule has 0 aliphatic heterocycles. The Morgan fingerprint density at radius 1 is 1.18 bits per heavy atom. The predicted molar refractivity (Wildman–Crippen MR) is 105 cm³/mol. The number of rotatable bonds is 8. The summed E-state index contributed by atoms with van der Waals surface area (Å²) in [4.78, 5) is 27.6. The van der Waals surface area contributed by atoms with Crippen LogP contribution in [0.25, 0.3) is 0 Å². The Balaban J connectivity index is 1.39. The second-order valence-electron chi connectivity index (χ2n) is 7.00. The van der Waals surface area contributed by atoms with Crippen molar-refractivity contribution in [2.45, 2.75) is 31.7 Å². The zero-order valence-corrected chi connectivity index (χ0v) is 15.8. The van der Waals surface area contributed by atoms with E-state index in [1.165, 1.54) is 6.39 Å². The van der Waals surface area contributed by atoms with E-state index in [2.05, 4.69) is 25.2 Å². The first-order valence-corrected chi connectivity index (χ1v) is 9.49. The van der Waals surface area contributed by atoms with Gasteiger partial charge in [0.15, 0.2) is 12.1 Å². The van der Waals surface area contributed by atoms with Gasteiger partial charge in [0, 0.05) is 56.1 Å². The number of aromatic nitrogens is 3. The molecule has 1 N–H and O–H groups in total. The van der Waals surface area contributed by atoms with Crippen LogP contribution in [0.2, 0.25) is 0 Å². The highest BCUT2D eigenvalue weighted by molar-refractivity contribution is 5.93. The van der Waals surface area contributed by atoms with Crippen molar-refractivity contribution in [3.05, 3.63) is 71.8 Å². The normalized spacial score (nSPS) is 13.3. The number of nitrogens with zero attached hydrogens (tertiary/aromatic N) is 4. The third-order valence-electron chi connectivity index (χ3n) is 4.86. The number of oxazole rings is 1. The van der Waals surface area contributed by atoms with E-state index in [1.807, 2.05) is 37.4 Å². The van der Waals surface area contributed by atoms with Crippen LogP contribution in [-0.4, -0.2) is 34.5 Å². The standard InChI is InChI=1S/C21H23N5O2/c1-26(12-9-17-6-2-3-10-22-17)20-16(5-4-11-23-20)13-24-21(27)18-19(15-7-8-15)28-14-25-18/h2-6,10-11,14-15H,7-9,12-13H2,1H3,(H,24,27). The molecule has 3 heterocycles. The second-order valence-corrected chi connectivity index (χ2v) is 7.00. The van der Waals surface area contributed by atoms with Gasteiger partial charge >= 0.3 is 0 Å². The lowest BCUT2D eigenvalue weighted by atomic mass is 10.2. The molecule has 1 aliphatic carbocycles. The molecule has 1 fully saturated rings. The molecule has 0 aromatic carbocycles. The molecule has 0 unspecified atom stereocenters. The van der Waals surface area contributed by atoms with Crippen LogP contribution in [-0.2, 0) is 13.0 Å². The van der Waals surface area contributed by atoms with Gasteiger partial charge in [-0.25, -0.2) is 9.97 Å². The first-order valence-electron chi connectivity index (χ1n) is 9.49. The zero-order chi connectivity index (χ0) is 19.3. The fourth-order valence-electron chi connectivity index (χ4n) is 3.17. The van der Waals surface area contributed by atoms with Gasteiger partial charge in [0.05, 0.1) is 0 Å². The van der Waals surface area contributed by atoms with Crippen LogP contribution in [0.1, 0.15) is 46.3 Å². The summed E-state index contributed by atoms with van der Waals surface area (Å²) in [5.74, 6) is 1.69. The number of anilines is 1. The minimum absolute atomic E-state index is 0.207. The molecule has 0 saturated heterocycles. The Hall–Kier alpha value is -3.22. The SMILES string of the molecule is CN(CCc1ccccn1)c1ncccc1CNC(=O)c1ncoc1C1CC1. The minimum Gasteiger partial charge on any atom is -0.447 e. The Morgan fingerprint density at radius 3 is 2.82 bits per heavy atom. The molecule has 7 nitrogen and oxygen atoms in total. The van der Waals surface area contributed by atoms with Crippen molar-refractivity contribution >= 4 is 11.7 Å². The number of carbonyl (C=O) groups excluding carboxylic acids is 1. The number of nitrogens with one attached hydrogen (secondary N) is 1. The molecule has 1 aliphatic rings. The van der Waals surface area contributed by atoms with Crippen molar-refractivity contribution in [3.8, 4) is 0 Å². The fourth-order valence-corrected chi connectivity index (χ4v) is 3.17. The van der Waals surface area contributed by atoms with Crippen molar-refractivity contribution in [2.75, 3.05) is 18.5 Å². The van der Waals surface area contributed by atoms with Gasteiger partial charge in [-0.05, 0) is 31.0 Å². The molecule has 28 heavy (non-hydrogen) atoms. The maximum Gasteiger partial charge on any atom is 0.273 e. The maximum atomic E-state index is 12.5. The van der Waals surface area contributed by atoms with Gasteiger partial charge in [-0.15, -0.1) is 0 Å². The number of hydrogen-bond donors (Lipinski definition) is 1. The van der Waals surface area contributed by atoms with E-state index in [-0.39, 0.29) is 5.91 Å². The average molecular weight is 377 g/mol. The molecule has 144 valence electrons. The number of pyridine rings is 2. The second kappa shape index (κ2) is 8.21. The molecule has 0 spiro atoms. The summed E-state index contributed by atoms with van der Waals surface area (Å²) >= 11 is 0. The number of amides is 1. The molecule has 0 radical (unpaired) electrons.